The molecular weight excluding hydrogens is 324 g/mol. The predicted molar refractivity (Wildman–Crippen MR) is 97.6 cm³/mol. The molecule has 3 rings (SSSR count). The monoisotopic (exact) mass is 352 g/mol. The molecular formula is C17H28N4O2S. The summed E-state index contributed by atoms with van der Waals surface area (Å²) in [6.07, 6.45) is 6.10. The molecule has 1 aliphatic heterocycles. The van der Waals surface area contributed by atoms with Crippen molar-refractivity contribution < 1.29 is 8.42 Å². The Labute approximate surface area is 145 Å². The van der Waals surface area contributed by atoms with E-state index in [9.17, 15) is 8.42 Å². The highest BCUT2D eigenvalue weighted by atomic mass is 32.2. The summed E-state index contributed by atoms with van der Waals surface area (Å²) in [5.41, 5.74) is 7.49. The molecule has 0 amide bonds. The van der Waals surface area contributed by atoms with E-state index in [4.69, 9.17) is 5.73 Å². The number of nitrogens with two attached hydrogens (primary N) is 1. The Morgan fingerprint density at radius 2 is 1.75 bits per heavy atom. The van der Waals surface area contributed by atoms with Crippen molar-refractivity contribution in [2.75, 3.05) is 44.3 Å². The molecule has 2 fully saturated rings. The Bertz CT molecular complexity index is 663. The van der Waals surface area contributed by atoms with Gasteiger partial charge in [0.15, 0.2) is 0 Å². The van der Waals surface area contributed by atoms with Crippen molar-refractivity contribution >= 4 is 21.4 Å². The summed E-state index contributed by atoms with van der Waals surface area (Å²) in [6, 6.07) is 5.53. The molecule has 6 nitrogen and oxygen atoms in total. The lowest BCUT2D eigenvalue weighted by atomic mass is 9.95. The summed E-state index contributed by atoms with van der Waals surface area (Å²) < 4.78 is 27.1. The van der Waals surface area contributed by atoms with Crippen molar-refractivity contribution in [1.82, 2.24) is 9.21 Å². The molecule has 2 aliphatic rings. The van der Waals surface area contributed by atoms with E-state index < -0.39 is 10.0 Å². The summed E-state index contributed by atoms with van der Waals surface area (Å²) in [4.78, 5) is 2.43. The number of piperazine rings is 1. The van der Waals surface area contributed by atoms with Gasteiger partial charge >= 0.3 is 0 Å². The SMILES string of the molecule is CN1CCN(S(=O)(=O)c2ccc(NC3CCCCC3)c(N)c2)CC1. The van der Waals surface area contributed by atoms with E-state index in [1.165, 1.54) is 19.3 Å². The van der Waals surface area contributed by atoms with E-state index in [0.717, 1.165) is 31.6 Å². The molecule has 1 aliphatic carbocycles. The smallest absolute Gasteiger partial charge is 0.243 e. The van der Waals surface area contributed by atoms with Gasteiger partial charge < -0.3 is 16.0 Å². The van der Waals surface area contributed by atoms with Crippen LogP contribution in [0, 0.1) is 0 Å². The van der Waals surface area contributed by atoms with Gasteiger partial charge in [0.25, 0.3) is 0 Å². The Morgan fingerprint density at radius 1 is 1.08 bits per heavy atom. The minimum absolute atomic E-state index is 0.291. The topological polar surface area (TPSA) is 78.7 Å². The maximum absolute atomic E-state index is 12.8. The van der Waals surface area contributed by atoms with Crippen molar-refractivity contribution in [2.24, 2.45) is 0 Å². The number of hydrogen-bond donors (Lipinski definition) is 2. The molecule has 7 heteroatoms. The number of nitrogen functional groups attached to an aromatic ring is 1. The third-order valence-corrected chi connectivity index (χ3v) is 6.98. The molecule has 0 atom stereocenters. The van der Waals surface area contributed by atoms with Gasteiger partial charge in [-0.05, 0) is 38.1 Å². The number of anilines is 2. The second kappa shape index (κ2) is 7.29. The molecule has 1 saturated heterocycles. The molecule has 1 heterocycles. The van der Waals surface area contributed by atoms with Crippen LogP contribution in [0.3, 0.4) is 0 Å². The number of nitrogens with zero attached hydrogens (tertiary/aromatic N) is 2. The zero-order valence-corrected chi connectivity index (χ0v) is 15.2. The summed E-state index contributed by atoms with van der Waals surface area (Å²) in [7, 11) is -1.45. The fraction of sp³-hybridized carbons (Fsp3) is 0.647. The largest absolute Gasteiger partial charge is 0.397 e. The van der Waals surface area contributed by atoms with Crippen LogP contribution in [0.25, 0.3) is 0 Å². The fourth-order valence-corrected chi connectivity index (χ4v) is 4.94. The van der Waals surface area contributed by atoms with Gasteiger partial charge in [-0.25, -0.2) is 8.42 Å². The average Bonchev–Trinajstić information content (AvgIpc) is 2.58. The highest BCUT2D eigenvalue weighted by molar-refractivity contribution is 7.89. The Morgan fingerprint density at radius 3 is 2.38 bits per heavy atom. The van der Waals surface area contributed by atoms with Gasteiger partial charge in [0.1, 0.15) is 0 Å². The van der Waals surface area contributed by atoms with Crippen LogP contribution in [0.5, 0.6) is 0 Å². The zero-order chi connectivity index (χ0) is 17.2. The standard InChI is InChI=1S/C17H28N4O2S/c1-20-9-11-21(12-10-20)24(22,23)15-7-8-17(16(18)13-15)19-14-5-3-2-4-6-14/h7-8,13-14,19H,2-6,9-12,18H2,1H3. The first-order valence-electron chi connectivity index (χ1n) is 8.81. The summed E-state index contributed by atoms with van der Waals surface area (Å²) in [5.74, 6) is 0. The van der Waals surface area contributed by atoms with Crippen LogP contribution in [-0.4, -0.2) is 56.9 Å². The quantitative estimate of drug-likeness (QED) is 0.810. The van der Waals surface area contributed by atoms with Crippen LogP contribution in [0.15, 0.2) is 23.1 Å². The normalized spacial score (nSPS) is 21.7. The molecule has 3 N–H and O–H groups in total. The van der Waals surface area contributed by atoms with Crippen molar-refractivity contribution in [3.63, 3.8) is 0 Å². The number of likely N-dealkylation sites (N-methyl/N-ethyl adjacent to an activating group) is 1. The first-order valence-corrected chi connectivity index (χ1v) is 10.3. The average molecular weight is 353 g/mol. The maximum atomic E-state index is 12.8. The highest BCUT2D eigenvalue weighted by Crippen LogP contribution is 2.28. The van der Waals surface area contributed by atoms with Gasteiger partial charge in [0.2, 0.25) is 10.0 Å². The van der Waals surface area contributed by atoms with Crippen molar-refractivity contribution in [3.05, 3.63) is 18.2 Å². The minimum atomic E-state index is -3.46. The number of nitrogens with one attached hydrogen (secondary N) is 1. The predicted octanol–water partition coefficient (Wildman–Crippen LogP) is 1.95. The molecule has 0 aromatic heterocycles. The highest BCUT2D eigenvalue weighted by Gasteiger charge is 2.28. The molecule has 1 aromatic rings. The second-order valence-electron chi connectivity index (χ2n) is 6.94. The van der Waals surface area contributed by atoms with Crippen LogP contribution in [0.4, 0.5) is 11.4 Å². The van der Waals surface area contributed by atoms with Crippen LogP contribution in [0.2, 0.25) is 0 Å². The summed E-state index contributed by atoms with van der Waals surface area (Å²) in [6.45, 7) is 2.58. The van der Waals surface area contributed by atoms with E-state index in [2.05, 4.69) is 10.2 Å². The zero-order valence-electron chi connectivity index (χ0n) is 14.4. The van der Waals surface area contributed by atoms with Crippen molar-refractivity contribution in [3.8, 4) is 0 Å². The van der Waals surface area contributed by atoms with Crippen LogP contribution in [0.1, 0.15) is 32.1 Å². The summed E-state index contributed by atoms with van der Waals surface area (Å²) in [5, 5.41) is 3.47. The maximum Gasteiger partial charge on any atom is 0.243 e. The Kier molecular flexibility index (Phi) is 5.32. The third-order valence-electron chi connectivity index (χ3n) is 5.09. The van der Waals surface area contributed by atoms with E-state index in [0.29, 0.717) is 29.7 Å². The first kappa shape index (κ1) is 17.5. The van der Waals surface area contributed by atoms with Gasteiger partial charge in [-0.2, -0.15) is 4.31 Å². The summed E-state index contributed by atoms with van der Waals surface area (Å²) >= 11 is 0. The lowest BCUT2D eigenvalue weighted by Gasteiger charge is -2.31. The number of benzene rings is 1. The molecule has 134 valence electrons. The van der Waals surface area contributed by atoms with Crippen molar-refractivity contribution in [1.29, 1.82) is 0 Å². The van der Waals surface area contributed by atoms with Crippen molar-refractivity contribution in [2.45, 2.75) is 43.0 Å². The fourth-order valence-electron chi connectivity index (χ4n) is 3.48. The second-order valence-corrected chi connectivity index (χ2v) is 8.87. The third kappa shape index (κ3) is 3.84. The van der Waals surface area contributed by atoms with E-state index in [1.54, 1.807) is 16.4 Å². The molecule has 0 spiro atoms. The molecule has 0 bridgehead atoms. The van der Waals surface area contributed by atoms with E-state index in [-0.39, 0.29) is 0 Å². The molecule has 0 unspecified atom stereocenters. The minimum Gasteiger partial charge on any atom is -0.397 e. The number of rotatable bonds is 4. The Hall–Kier alpha value is -1.31. The number of sulfonamides is 1. The Balaban J connectivity index is 1.73. The number of hydrogen-bond acceptors (Lipinski definition) is 5. The van der Waals surface area contributed by atoms with Crippen LogP contribution in [-0.2, 0) is 10.0 Å². The van der Waals surface area contributed by atoms with E-state index >= 15 is 0 Å². The lowest BCUT2D eigenvalue weighted by molar-refractivity contribution is 0.222. The van der Waals surface area contributed by atoms with Crippen LogP contribution >= 0.6 is 0 Å². The van der Waals surface area contributed by atoms with Gasteiger partial charge in [-0.3, -0.25) is 0 Å². The van der Waals surface area contributed by atoms with Gasteiger partial charge in [-0.1, -0.05) is 19.3 Å². The van der Waals surface area contributed by atoms with Crippen LogP contribution < -0.4 is 11.1 Å². The first-order chi connectivity index (χ1) is 11.5. The van der Waals surface area contributed by atoms with Gasteiger partial charge in [-0.15, -0.1) is 0 Å². The van der Waals surface area contributed by atoms with Gasteiger partial charge in [0, 0.05) is 32.2 Å². The lowest BCUT2D eigenvalue weighted by Crippen LogP contribution is -2.47. The molecule has 1 saturated carbocycles. The molecule has 1 aromatic carbocycles. The molecule has 24 heavy (non-hydrogen) atoms. The molecule has 0 radical (unpaired) electrons. The van der Waals surface area contributed by atoms with Gasteiger partial charge in [0.05, 0.1) is 16.3 Å². The van der Waals surface area contributed by atoms with E-state index in [1.807, 2.05) is 13.1 Å².